The van der Waals surface area contributed by atoms with Crippen LogP contribution in [-0.4, -0.2) is 28.5 Å². The summed E-state index contributed by atoms with van der Waals surface area (Å²) in [4.78, 5) is 0. The molecule has 5 heteroatoms. The van der Waals surface area contributed by atoms with Crippen LogP contribution in [-0.2, 0) is 0 Å². The highest BCUT2D eigenvalue weighted by Crippen LogP contribution is 2.42. The zero-order valence-electron chi connectivity index (χ0n) is 11.0. The molecule has 1 saturated carbocycles. The Labute approximate surface area is 107 Å². The number of nitrogens with one attached hydrogen (secondary N) is 1. The van der Waals surface area contributed by atoms with E-state index in [4.69, 9.17) is 4.42 Å². The molecule has 2 rings (SSSR count). The monoisotopic (exact) mass is 255 g/mol. The van der Waals surface area contributed by atoms with E-state index >= 15 is 0 Å². The van der Waals surface area contributed by atoms with Gasteiger partial charge in [-0.2, -0.15) is 0 Å². The molecule has 0 bridgehead atoms. The van der Waals surface area contributed by atoms with Crippen molar-refractivity contribution in [3.8, 4) is 0 Å². The predicted octanol–water partition coefficient (Wildman–Crippen LogP) is 2.64. The van der Waals surface area contributed by atoms with Crippen LogP contribution in [0.15, 0.2) is 9.64 Å². The Bertz CT molecular complexity index is 378. The maximum absolute atomic E-state index is 5.46. The van der Waals surface area contributed by atoms with Crippen molar-refractivity contribution in [3.63, 3.8) is 0 Å². The molecular weight excluding hydrogens is 234 g/mol. The van der Waals surface area contributed by atoms with Crippen molar-refractivity contribution < 1.29 is 4.42 Å². The minimum absolute atomic E-state index is 0.333. The van der Waals surface area contributed by atoms with Crippen LogP contribution in [0.4, 0.5) is 0 Å². The van der Waals surface area contributed by atoms with E-state index in [0.29, 0.717) is 27.8 Å². The predicted molar refractivity (Wildman–Crippen MR) is 69.2 cm³/mol. The Kier molecular flexibility index (Phi) is 3.78. The summed E-state index contributed by atoms with van der Waals surface area (Å²) in [6.45, 7) is 6.50. The Morgan fingerprint density at radius 2 is 2.18 bits per heavy atom. The van der Waals surface area contributed by atoms with E-state index in [2.05, 4.69) is 29.4 Å². The van der Waals surface area contributed by atoms with Crippen LogP contribution in [0.3, 0.4) is 0 Å². The van der Waals surface area contributed by atoms with Crippen molar-refractivity contribution in [2.45, 2.75) is 56.5 Å². The molecule has 1 aromatic heterocycles. The number of hydrogen-bond acceptors (Lipinski definition) is 5. The highest BCUT2D eigenvalue weighted by Gasteiger charge is 2.39. The largest absolute Gasteiger partial charge is 0.416 e. The van der Waals surface area contributed by atoms with Crippen molar-refractivity contribution in [3.05, 3.63) is 5.89 Å². The molecular formula is C12H21N3OS. The number of aryl methyl sites for hydroxylation is 1. The first-order valence-corrected chi connectivity index (χ1v) is 7.05. The molecule has 0 radical (unpaired) electrons. The van der Waals surface area contributed by atoms with Gasteiger partial charge in [0.25, 0.3) is 5.22 Å². The molecule has 1 fully saturated rings. The number of rotatable bonds is 3. The average molecular weight is 255 g/mol. The topological polar surface area (TPSA) is 51.0 Å². The quantitative estimate of drug-likeness (QED) is 0.900. The second kappa shape index (κ2) is 4.98. The minimum atomic E-state index is 0.333. The molecule has 1 aliphatic carbocycles. The van der Waals surface area contributed by atoms with E-state index in [9.17, 15) is 0 Å². The number of hydrogen-bond donors (Lipinski definition) is 1. The fourth-order valence-corrected chi connectivity index (χ4v) is 4.18. The first kappa shape index (κ1) is 12.9. The number of nitrogens with zero attached hydrogens (tertiary/aromatic N) is 2. The van der Waals surface area contributed by atoms with Gasteiger partial charge in [-0.15, -0.1) is 10.2 Å². The zero-order valence-corrected chi connectivity index (χ0v) is 11.8. The van der Waals surface area contributed by atoms with Crippen molar-refractivity contribution >= 4 is 11.8 Å². The van der Waals surface area contributed by atoms with E-state index in [-0.39, 0.29) is 0 Å². The van der Waals surface area contributed by atoms with Gasteiger partial charge in [0.2, 0.25) is 5.89 Å². The number of aromatic nitrogens is 2. The smallest absolute Gasteiger partial charge is 0.276 e. The molecule has 1 N–H and O–H groups in total. The van der Waals surface area contributed by atoms with Gasteiger partial charge in [-0.1, -0.05) is 32.0 Å². The van der Waals surface area contributed by atoms with Crippen LogP contribution in [0.5, 0.6) is 0 Å². The third-order valence-corrected chi connectivity index (χ3v) is 4.77. The second-order valence-corrected chi connectivity index (χ2v) is 6.58. The Hall–Kier alpha value is -0.550. The Balaban J connectivity index is 2.08. The van der Waals surface area contributed by atoms with Crippen LogP contribution in [0, 0.1) is 12.3 Å². The first-order valence-electron chi connectivity index (χ1n) is 6.17. The molecule has 2 atom stereocenters. The van der Waals surface area contributed by atoms with E-state index in [0.717, 1.165) is 0 Å². The summed E-state index contributed by atoms with van der Waals surface area (Å²) in [5, 5.41) is 12.6. The van der Waals surface area contributed by atoms with Crippen molar-refractivity contribution in [1.29, 1.82) is 0 Å². The normalized spacial score (nSPS) is 28.2. The molecule has 0 spiro atoms. The first-order chi connectivity index (χ1) is 8.03. The van der Waals surface area contributed by atoms with E-state index < -0.39 is 0 Å². The average Bonchev–Trinajstić information content (AvgIpc) is 2.63. The second-order valence-electron chi connectivity index (χ2n) is 5.39. The van der Waals surface area contributed by atoms with Gasteiger partial charge in [0.05, 0.1) is 0 Å². The maximum Gasteiger partial charge on any atom is 0.276 e. The summed E-state index contributed by atoms with van der Waals surface area (Å²) in [6, 6.07) is 0.494. The van der Waals surface area contributed by atoms with Gasteiger partial charge in [0.1, 0.15) is 0 Å². The van der Waals surface area contributed by atoms with Crippen molar-refractivity contribution in [1.82, 2.24) is 15.5 Å². The standard InChI is InChI=1S/C12H21N3OS/c1-8-14-15-11(16-8)17-9-6-5-7-12(2,3)10(9)13-4/h9-10,13H,5-7H2,1-4H3. The van der Waals surface area contributed by atoms with Crippen LogP contribution in [0.25, 0.3) is 0 Å². The molecule has 4 nitrogen and oxygen atoms in total. The molecule has 0 aromatic carbocycles. The summed E-state index contributed by atoms with van der Waals surface area (Å²) < 4.78 is 5.46. The highest BCUT2D eigenvalue weighted by molar-refractivity contribution is 7.99. The van der Waals surface area contributed by atoms with Crippen LogP contribution in [0.1, 0.15) is 39.0 Å². The molecule has 96 valence electrons. The lowest BCUT2D eigenvalue weighted by molar-refractivity contribution is 0.182. The van der Waals surface area contributed by atoms with Crippen molar-refractivity contribution in [2.24, 2.45) is 5.41 Å². The summed E-state index contributed by atoms with van der Waals surface area (Å²) in [6.07, 6.45) is 3.76. The lowest BCUT2D eigenvalue weighted by Crippen LogP contribution is -2.49. The SMILES string of the molecule is CNC1C(Sc2nnc(C)o2)CCCC1(C)C. The summed E-state index contributed by atoms with van der Waals surface area (Å²) >= 11 is 1.72. The van der Waals surface area contributed by atoms with E-state index in [1.807, 2.05) is 14.0 Å². The van der Waals surface area contributed by atoms with E-state index in [1.54, 1.807) is 11.8 Å². The van der Waals surface area contributed by atoms with Crippen LogP contribution in [0.2, 0.25) is 0 Å². The molecule has 1 aromatic rings. The molecule has 1 aliphatic rings. The molecule has 17 heavy (non-hydrogen) atoms. The molecule has 0 saturated heterocycles. The molecule has 1 heterocycles. The van der Waals surface area contributed by atoms with Gasteiger partial charge in [-0.25, -0.2) is 0 Å². The van der Waals surface area contributed by atoms with Gasteiger partial charge >= 0.3 is 0 Å². The maximum atomic E-state index is 5.46. The third-order valence-electron chi connectivity index (χ3n) is 3.59. The summed E-state index contributed by atoms with van der Waals surface area (Å²) in [7, 11) is 2.05. The van der Waals surface area contributed by atoms with E-state index in [1.165, 1.54) is 19.3 Å². The molecule has 0 aliphatic heterocycles. The van der Waals surface area contributed by atoms with Gasteiger partial charge in [-0.3, -0.25) is 0 Å². The highest BCUT2D eigenvalue weighted by atomic mass is 32.2. The van der Waals surface area contributed by atoms with Gasteiger partial charge in [0, 0.05) is 18.2 Å². The molecule has 0 amide bonds. The fourth-order valence-electron chi connectivity index (χ4n) is 2.74. The summed E-state index contributed by atoms with van der Waals surface area (Å²) in [5.41, 5.74) is 0.333. The third kappa shape index (κ3) is 2.83. The minimum Gasteiger partial charge on any atom is -0.416 e. The van der Waals surface area contributed by atoms with Crippen LogP contribution >= 0.6 is 11.8 Å². The number of thioether (sulfide) groups is 1. The summed E-state index contributed by atoms with van der Waals surface area (Å²) in [5.74, 6) is 0.642. The van der Waals surface area contributed by atoms with Crippen LogP contribution < -0.4 is 5.32 Å². The van der Waals surface area contributed by atoms with Gasteiger partial charge < -0.3 is 9.73 Å². The Morgan fingerprint density at radius 3 is 2.76 bits per heavy atom. The Morgan fingerprint density at radius 1 is 1.41 bits per heavy atom. The fraction of sp³-hybridized carbons (Fsp3) is 0.833. The van der Waals surface area contributed by atoms with Gasteiger partial charge in [-0.05, 0) is 25.3 Å². The lowest BCUT2D eigenvalue weighted by Gasteiger charge is -2.43. The zero-order chi connectivity index (χ0) is 12.5. The van der Waals surface area contributed by atoms with Gasteiger partial charge in [0.15, 0.2) is 0 Å². The lowest BCUT2D eigenvalue weighted by atomic mass is 9.73. The molecule has 2 unspecified atom stereocenters. The van der Waals surface area contributed by atoms with Crippen molar-refractivity contribution in [2.75, 3.05) is 7.05 Å².